The van der Waals surface area contributed by atoms with Gasteiger partial charge in [0.05, 0.1) is 11.6 Å². The van der Waals surface area contributed by atoms with E-state index in [4.69, 9.17) is 5.26 Å². The molecule has 0 heterocycles. The Morgan fingerprint density at radius 2 is 2.07 bits per heavy atom. The first kappa shape index (κ1) is 9.27. The highest BCUT2D eigenvalue weighted by atomic mass is 14.3. The maximum absolute atomic E-state index is 9.11. The molecule has 0 unspecified atom stereocenters. The predicted octanol–water partition coefficient (Wildman–Crippen LogP) is 3.16. The van der Waals surface area contributed by atoms with Gasteiger partial charge in [0.15, 0.2) is 0 Å². The molecule has 1 aromatic carbocycles. The fourth-order valence-electron chi connectivity index (χ4n) is 2.39. The standard InChI is InChI=1S/C13H15N/c1-8-4-5-11-10(3)9(2)6-12(11)13(8)7-14/h4-5,9-10H,6H2,1-3H3/t9-,10-/m0/s1. The molecule has 2 rings (SSSR count). The van der Waals surface area contributed by atoms with Gasteiger partial charge in [-0.25, -0.2) is 0 Å². The van der Waals surface area contributed by atoms with Crippen molar-refractivity contribution in [3.63, 3.8) is 0 Å². The van der Waals surface area contributed by atoms with Gasteiger partial charge in [-0.15, -0.1) is 0 Å². The molecular weight excluding hydrogens is 170 g/mol. The molecule has 0 radical (unpaired) electrons. The van der Waals surface area contributed by atoms with Crippen molar-refractivity contribution >= 4 is 0 Å². The van der Waals surface area contributed by atoms with Crippen LogP contribution in [0.4, 0.5) is 0 Å². The van der Waals surface area contributed by atoms with Gasteiger partial charge in [-0.2, -0.15) is 5.26 Å². The lowest BCUT2D eigenvalue weighted by molar-refractivity contribution is 0.532. The van der Waals surface area contributed by atoms with Gasteiger partial charge in [0.1, 0.15) is 0 Å². The normalized spacial score (nSPS) is 24.4. The second-order valence-corrected chi connectivity index (χ2v) is 4.41. The zero-order chi connectivity index (χ0) is 10.3. The molecule has 0 bridgehead atoms. The average Bonchev–Trinajstić information content (AvgIpc) is 2.43. The summed E-state index contributed by atoms with van der Waals surface area (Å²) in [5.74, 6) is 1.29. The van der Waals surface area contributed by atoms with Crippen LogP contribution in [-0.4, -0.2) is 0 Å². The molecule has 0 fully saturated rings. The number of nitriles is 1. The maximum atomic E-state index is 9.11. The van der Waals surface area contributed by atoms with Crippen LogP contribution < -0.4 is 0 Å². The van der Waals surface area contributed by atoms with Gasteiger partial charge in [0, 0.05) is 0 Å². The van der Waals surface area contributed by atoms with Crippen LogP contribution in [0.5, 0.6) is 0 Å². The van der Waals surface area contributed by atoms with Crippen molar-refractivity contribution < 1.29 is 0 Å². The third kappa shape index (κ3) is 1.14. The Labute approximate surface area is 85.4 Å². The first-order chi connectivity index (χ1) is 6.65. The molecule has 0 saturated heterocycles. The molecule has 1 aliphatic rings. The van der Waals surface area contributed by atoms with Crippen LogP contribution >= 0.6 is 0 Å². The van der Waals surface area contributed by atoms with Crippen LogP contribution in [0.2, 0.25) is 0 Å². The first-order valence-corrected chi connectivity index (χ1v) is 5.17. The summed E-state index contributed by atoms with van der Waals surface area (Å²) in [6, 6.07) is 6.61. The molecule has 14 heavy (non-hydrogen) atoms. The lowest BCUT2D eigenvalue weighted by Crippen LogP contribution is -1.97. The Bertz CT molecular complexity index is 412. The van der Waals surface area contributed by atoms with E-state index in [1.54, 1.807) is 0 Å². The van der Waals surface area contributed by atoms with Gasteiger partial charge in [0.25, 0.3) is 0 Å². The van der Waals surface area contributed by atoms with Crippen molar-refractivity contribution in [3.05, 3.63) is 34.4 Å². The van der Waals surface area contributed by atoms with E-state index in [0.29, 0.717) is 11.8 Å². The summed E-state index contributed by atoms with van der Waals surface area (Å²) in [6.45, 7) is 6.54. The third-order valence-corrected chi connectivity index (χ3v) is 3.54. The minimum Gasteiger partial charge on any atom is -0.192 e. The van der Waals surface area contributed by atoms with Crippen molar-refractivity contribution in [1.82, 2.24) is 0 Å². The Morgan fingerprint density at radius 1 is 1.36 bits per heavy atom. The third-order valence-electron chi connectivity index (χ3n) is 3.54. The number of rotatable bonds is 0. The number of benzene rings is 1. The first-order valence-electron chi connectivity index (χ1n) is 5.17. The summed E-state index contributed by atoms with van der Waals surface area (Å²) in [5.41, 5.74) is 4.72. The van der Waals surface area contributed by atoms with E-state index in [1.165, 1.54) is 11.1 Å². The van der Waals surface area contributed by atoms with Crippen molar-refractivity contribution in [1.29, 1.82) is 5.26 Å². The highest BCUT2D eigenvalue weighted by molar-refractivity contribution is 5.51. The number of aryl methyl sites for hydroxylation is 1. The molecule has 1 heteroatoms. The van der Waals surface area contributed by atoms with Gasteiger partial charge in [-0.1, -0.05) is 26.0 Å². The molecule has 0 spiro atoms. The summed E-state index contributed by atoms with van der Waals surface area (Å²) < 4.78 is 0. The van der Waals surface area contributed by atoms with Gasteiger partial charge in [-0.05, 0) is 41.9 Å². The number of hydrogen-bond acceptors (Lipinski definition) is 1. The van der Waals surface area contributed by atoms with E-state index in [1.807, 2.05) is 6.92 Å². The van der Waals surface area contributed by atoms with Crippen molar-refractivity contribution in [2.75, 3.05) is 0 Å². The predicted molar refractivity (Wildman–Crippen MR) is 57.2 cm³/mol. The molecule has 0 aromatic heterocycles. The summed E-state index contributed by atoms with van der Waals surface area (Å²) in [7, 11) is 0. The van der Waals surface area contributed by atoms with Gasteiger partial charge < -0.3 is 0 Å². The van der Waals surface area contributed by atoms with Crippen LogP contribution in [-0.2, 0) is 6.42 Å². The van der Waals surface area contributed by atoms with Crippen LogP contribution in [0.3, 0.4) is 0 Å². The van der Waals surface area contributed by atoms with Crippen LogP contribution in [0.1, 0.15) is 42.0 Å². The van der Waals surface area contributed by atoms with Crippen LogP contribution in [0.25, 0.3) is 0 Å². The molecule has 1 aromatic rings. The zero-order valence-electron chi connectivity index (χ0n) is 8.96. The van der Waals surface area contributed by atoms with E-state index >= 15 is 0 Å². The fourth-order valence-corrected chi connectivity index (χ4v) is 2.39. The van der Waals surface area contributed by atoms with Gasteiger partial charge in [-0.3, -0.25) is 0 Å². The molecule has 0 aliphatic heterocycles. The molecule has 0 amide bonds. The highest BCUT2D eigenvalue weighted by Gasteiger charge is 2.28. The van der Waals surface area contributed by atoms with Crippen LogP contribution in [0, 0.1) is 24.2 Å². The van der Waals surface area contributed by atoms with E-state index in [-0.39, 0.29) is 0 Å². The van der Waals surface area contributed by atoms with E-state index in [2.05, 4.69) is 32.0 Å². The summed E-state index contributed by atoms with van der Waals surface area (Å²) >= 11 is 0. The highest BCUT2D eigenvalue weighted by Crippen LogP contribution is 2.39. The minimum atomic E-state index is 0.609. The van der Waals surface area contributed by atoms with Gasteiger partial charge in [0.2, 0.25) is 0 Å². The average molecular weight is 185 g/mol. The van der Waals surface area contributed by atoms with Crippen molar-refractivity contribution in [3.8, 4) is 6.07 Å². The summed E-state index contributed by atoms with van der Waals surface area (Å²) in [6.07, 6.45) is 1.07. The summed E-state index contributed by atoms with van der Waals surface area (Å²) in [4.78, 5) is 0. The molecule has 1 nitrogen and oxygen atoms in total. The zero-order valence-corrected chi connectivity index (χ0v) is 8.96. The second kappa shape index (κ2) is 3.13. The number of nitrogens with zero attached hydrogens (tertiary/aromatic N) is 1. The molecule has 72 valence electrons. The largest absolute Gasteiger partial charge is 0.192 e. The van der Waals surface area contributed by atoms with E-state index in [9.17, 15) is 0 Å². The fraction of sp³-hybridized carbons (Fsp3) is 0.462. The molecule has 0 N–H and O–H groups in total. The smallest absolute Gasteiger partial charge is 0.0997 e. The molecule has 1 aliphatic carbocycles. The Morgan fingerprint density at radius 3 is 2.71 bits per heavy atom. The van der Waals surface area contributed by atoms with E-state index < -0.39 is 0 Å². The maximum Gasteiger partial charge on any atom is 0.0997 e. The Hall–Kier alpha value is -1.29. The van der Waals surface area contributed by atoms with Crippen LogP contribution in [0.15, 0.2) is 12.1 Å². The van der Waals surface area contributed by atoms with Gasteiger partial charge >= 0.3 is 0 Å². The molecular formula is C13H15N. The topological polar surface area (TPSA) is 23.8 Å². The Balaban J connectivity index is 2.63. The molecule has 2 atom stereocenters. The Kier molecular flexibility index (Phi) is 2.07. The van der Waals surface area contributed by atoms with Crippen molar-refractivity contribution in [2.24, 2.45) is 5.92 Å². The second-order valence-electron chi connectivity index (χ2n) is 4.41. The number of hydrogen-bond donors (Lipinski definition) is 0. The summed E-state index contributed by atoms with van der Waals surface area (Å²) in [5, 5.41) is 9.11. The lowest BCUT2D eigenvalue weighted by atomic mass is 9.95. The van der Waals surface area contributed by atoms with Crippen molar-refractivity contribution in [2.45, 2.75) is 33.1 Å². The number of fused-ring (bicyclic) bond motifs is 1. The van der Waals surface area contributed by atoms with E-state index in [0.717, 1.165) is 17.5 Å². The quantitative estimate of drug-likeness (QED) is 0.609. The lowest BCUT2D eigenvalue weighted by Gasteiger charge is -2.09. The molecule has 0 saturated carbocycles. The SMILES string of the molecule is Cc1ccc2c(c1C#N)C[C@H](C)[C@@H]2C. The minimum absolute atomic E-state index is 0.609. The monoisotopic (exact) mass is 185 g/mol.